The average Bonchev–Trinajstić information content (AvgIpc) is 2.69. The number of hydrogen-bond donors (Lipinski definition) is 2. The second-order valence-corrected chi connectivity index (χ2v) is 3.69. The Kier molecular flexibility index (Phi) is 3.34. The van der Waals surface area contributed by atoms with E-state index in [4.69, 9.17) is 0 Å². The minimum atomic E-state index is 0.520. The van der Waals surface area contributed by atoms with Crippen molar-refractivity contribution in [3.63, 3.8) is 0 Å². The summed E-state index contributed by atoms with van der Waals surface area (Å²) in [5, 5.41) is 6.87. The van der Waals surface area contributed by atoms with E-state index in [0.717, 1.165) is 13.1 Å². The lowest BCUT2D eigenvalue weighted by molar-refractivity contribution is 0.515. The minimum Gasteiger partial charge on any atom is -0.317 e. The molecule has 1 rings (SSSR count). The lowest BCUT2D eigenvalue weighted by Crippen LogP contribution is -2.30. The highest BCUT2D eigenvalue weighted by Gasteiger charge is 2.35. The van der Waals surface area contributed by atoms with Gasteiger partial charge in [0.1, 0.15) is 0 Å². The van der Waals surface area contributed by atoms with E-state index in [-0.39, 0.29) is 0 Å². The first kappa shape index (κ1) is 9.01. The van der Waals surface area contributed by atoms with Crippen LogP contribution in [0, 0.1) is 0 Å². The Hall–Kier alpha value is -0.0800. The molecule has 0 bridgehead atoms. The Morgan fingerprint density at radius 1 is 1.27 bits per heavy atom. The highest BCUT2D eigenvalue weighted by molar-refractivity contribution is 4.97. The van der Waals surface area contributed by atoms with Crippen LogP contribution in [0.3, 0.4) is 0 Å². The van der Waals surface area contributed by atoms with Crippen molar-refractivity contribution in [3.8, 4) is 0 Å². The van der Waals surface area contributed by atoms with Crippen LogP contribution in [0.5, 0.6) is 0 Å². The minimum absolute atomic E-state index is 0.520. The molecule has 0 atom stereocenters. The summed E-state index contributed by atoms with van der Waals surface area (Å²) < 4.78 is 0. The second kappa shape index (κ2) is 4.07. The average molecular weight is 156 g/mol. The Balaban J connectivity index is 1.81. The Bertz CT molecular complexity index is 108. The quantitative estimate of drug-likeness (QED) is 0.563. The highest BCUT2D eigenvalue weighted by atomic mass is 15.0. The maximum Gasteiger partial charge on any atom is 0.0154 e. The smallest absolute Gasteiger partial charge is 0.0154 e. The molecule has 11 heavy (non-hydrogen) atoms. The molecule has 0 aliphatic heterocycles. The van der Waals surface area contributed by atoms with Gasteiger partial charge < -0.3 is 10.6 Å². The third-order valence-corrected chi connectivity index (χ3v) is 2.33. The van der Waals surface area contributed by atoms with Gasteiger partial charge in [-0.15, -0.1) is 0 Å². The summed E-state index contributed by atoms with van der Waals surface area (Å²) in [6, 6.07) is 0. The summed E-state index contributed by atoms with van der Waals surface area (Å²) in [7, 11) is 0. The number of hydrogen-bond acceptors (Lipinski definition) is 2. The lowest BCUT2D eigenvalue weighted by atomic mass is 10.3. The molecule has 0 aromatic heterocycles. The van der Waals surface area contributed by atoms with Gasteiger partial charge in [-0.3, -0.25) is 0 Å². The molecule has 2 N–H and O–H groups in total. The van der Waals surface area contributed by atoms with E-state index >= 15 is 0 Å². The normalized spacial score (nSPS) is 20.2. The molecule has 66 valence electrons. The van der Waals surface area contributed by atoms with E-state index in [1.807, 2.05) is 0 Å². The van der Waals surface area contributed by atoms with Crippen LogP contribution in [0.1, 0.15) is 33.1 Å². The van der Waals surface area contributed by atoms with Gasteiger partial charge in [0.25, 0.3) is 0 Å². The molecule has 1 saturated carbocycles. The lowest BCUT2D eigenvalue weighted by Gasteiger charge is -2.10. The van der Waals surface area contributed by atoms with Gasteiger partial charge in [0.05, 0.1) is 0 Å². The molecule has 1 aliphatic carbocycles. The van der Waals surface area contributed by atoms with E-state index in [9.17, 15) is 0 Å². The van der Waals surface area contributed by atoms with Crippen LogP contribution in [0.25, 0.3) is 0 Å². The van der Waals surface area contributed by atoms with Crippen molar-refractivity contribution in [1.82, 2.24) is 10.6 Å². The fourth-order valence-corrected chi connectivity index (χ4v) is 1.14. The van der Waals surface area contributed by atoms with Crippen LogP contribution in [-0.2, 0) is 0 Å². The maximum atomic E-state index is 3.55. The molecule has 0 amide bonds. The van der Waals surface area contributed by atoms with Gasteiger partial charge in [-0.2, -0.15) is 0 Å². The third kappa shape index (κ3) is 3.73. The molecule has 0 spiro atoms. The van der Waals surface area contributed by atoms with Crippen LogP contribution in [0.4, 0.5) is 0 Å². The monoisotopic (exact) mass is 156 g/mol. The van der Waals surface area contributed by atoms with Crippen molar-refractivity contribution < 1.29 is 0 Å². The van der Waals surface area contributed by atoms with E-state index in [1.54, 1.807) is 0 Å². The van der Waals surface area contributed by atoms with Crippen LogP contribution < -0.4 is 10.6 Å². The van der Waals surface area contributed by atoms with E-state index in [0.29, 0.717) is 5.54 Å². The molecular formula is C9H20N2. The van der Waals surface area contributed by atoms with E-state index in [1.165, 1.54) is 25.8 Å². The first-order valence-electron chi connectivity index (χ1n) is 4.72. The van der Waals surface area contributed by atoms with Gasteiger partial charge in [-0.1, -0.05) is 6.92 Å². The van der Waals surface area contributed by atoms with Gasteiger partial charge in [0.2, 0.25) is 0 Å². The largest absolute Gasteiger partial charge is 0.317 e. The number of nitrogens with one attached hydrogen (secondary N) is 2. The summed E-state index contributed by atoms with van der Waals surface area (Å²) in [6.45, 7) is 7.87. The van der Waals surface area contributed by atoms with Crippen LogP contribution >= 0.6 is 0 Å². The van der Waals surface area contributed by atoms with Gasteiger partial charge in [0.15, 0.2) is 0 Å². The molecular weight excluding hydrogens is 136 g/mol. The summed E-state index contributed by atoms with van der Waals surface area (Å²) >= 11 is 0. The predicted octanol–water partition coefficient (Wildman–Crippen LogP) is 1.13. The zero-order valence-electron chi connectivity index (χ0n) is 7.74. The number of rotatable bonds is 6. The second-order valence-electron chi connectivity index (χ2n) is 3.69. The first-order valence-corrected chi connectivity index (χ1v) is 4.72. The van der Waals surface area contributed by atoms with Gasteiger partial charge in [0, 0.05) is 5.54 Å². The van der Waals surface area contributed by atoms with Crippen molar-refractivity contribution in [2.24, 2.45) is 0 Å². The Morgan fingerprint density at radius 3 is 2.55 bits per heavy atom. The zero-order valence-corrected chi connectivity index (χ0v) is 7.74. The maximum absolute atomic E-state index is 3.55. The van der Waals surface area contributed by atoms with Crippen molar-refractivity contribution in [3.05, 3.63) is 0 Å². The van der Waals surface area contributed by atoms with Crippen molar-refractivity contribution in [2.75, 3.05) is 19.6 Å². The fourth-order valence-electron chi connectivity index (χ4n) is 1.14. The van der Waals surface area contributed by atoms with Crippen molar-refractivity contribution in [2.45, 2.75) is 38.6 Å². The van der Waals surface area contributed by atoms with Gasteiger partial charge in [-0.25, -0.2) is 0 Å². The molecule has 0 radical (unpaired) electrons. The fraction of sp³-hybridized carbons (Fsp3) is 1.00. The van der Waals surface area contributed by atoms with Crippen molar-refractivity contribution >= 4 is 0 Å². The zero-order chi connectivity index (χ0) is 8.16. The predicted molar refractivity (Wildman–Crippen MR) is 48.8 cm³/mol. The SMILES string of the molecule is CCNCCCNC1(C)CC1. The Labute approximate surface area is 69.8 Å². The summed E-state index contributed by atoms with van der Waals surface area (Å²) in [5.41, 5.74) is 0.520. The molecule has 1 fully saturated rings. The van der Waals surface area contributed by atoms with Crippen LogP contribution in [-0.4, -0.2) is 25.2 Å². The molecule has 1 aliphatic rings. The topological polar surface area (TPSA) is 24.1 Å². The first-order chi connectivity index (χ1) is 5.27. The van der Waals surface area contributed by atoms with Crippen molar-refractivity contribution in [1.29, 1.82) is 0 Å². The molecule has 0 saturated heterocycles. The molecule has 2 heteroatoms. The standard InChI is InChI=1S/C9H20N2/c1-3-10-7-4-8-11-9(2)5-6-9/h10-11H,3-8H2,1-2H3. The molecule has 2 nitrogen and oxygen atoms in total. The summed E-state index contributed by atoms with van der Waals surface area (Å²) in [4.78, 5) is 0. The van der Waals surface area contributed by atoms with Crippen LogP contribution in [0.2, 0.25) is 0 Å². The molecule has 0 aromatic rings. The van der Waals surface area contributed by atoms with Gasteiger partial charge >= 0.3 is 0 Å². The van der Waals surface area contributed by atoms with E-state index < -0.39 is 0 Å². The summed E-state index contributed by atoms with van der Waals surface area (Å²) in [5.74, 6) is 0. The van der Waals surface area contributed by atoms with E-state index in [2.05, 4.69) is 24.5 Å². The molecule has 0 aromatic carbocycles. The molecule has 0 unspecified atom stereocenters. The Morgan fingerprint density at radius 2 is 2.00 bits per heavy atom. The molecule has 0 heterocycles. The van der Waals surface area contributed by atoms with Crippen LogP contribution in [0.15, 0.2) is 0 Å². The summed E-state index contributed by atoms with van der Waals surface area (Å²) in [6.07, 6.45) is 3.99. The third-order valence-electron chi connectivity index (χ3n) is 2.33. The highest BCUT2D eigenvalue weighted by Crippen LogP contribution is 2.33. The van der Waals surface area contributed by atoms with Gasteiger partial charge in [-0.05, 0) is 45.8 Å².